The molecule has 0 aliphatic rings. The van der Waals surface area contributed by atoms with Crippen molar-refractivity contribution in [3.63, 3.8) is 0 Å². The molecule has 0 fully saturated rings. The zero-order valence-corrected chi connectivity index (χ0v) is 14.7. The first-order chi connectivity index (χ1) is 12.6. The molecule has 3 rings (SSSR count). The molecular formula is C18H16F2N2O3S. The molecule has 26 heavy (non-hydrogen) atoms. The Bertz CT molecular complexity index is 840. The van der Waals surface area contributed by atoms with Crippen molar-refractivity contribution in [3.8, 4) is 23.0 Å². The number of hydrogen-bond donors (Lipinski definition) is 0. The van der Waals surface area contributed by atoms with Crippen LogP contribution in [0.3, 0.4) is 0 Å². The largest absolute Gasteiger partial charge is 0.493 e. The van der Waals surface area contributed by atoms with Crippen molar-refractivity contribution in [2.24, 2.45) is 0 Å². The highest BCUT2D eigenvalue weighted by Gasteiger charge is 2.10. The van der Waals surface area contributed by atoms with Gasteiger partial charge < -0.3 is 13.9 Å². The Hall–Kier alpha value is -2.61. The summed E-state index contributed by atoms with van der Waals surface area (Å²) in [7, 11) is 0. The van der Waals surface area contributed by atoms with Crippen LogP contribution in [0.5, 0.6) is 11.5 Å². The van der Waals surface area contributed by atoms with Crippen LogP contribution in [0.25, 0.3) is 11.5 Å². The van der Waals surface area contributed by atoms with Crippen LogP contribution < -0.4 is 9.47 Å². The van der Waals surface area contributed by atoms with E-state index in [9.17, 15) is 8.78 Å². The van der Waals surface area contributed by atoms with Crippen molar-refractivity contribution >= 4 is 11.8 Å². The number of halogens is 2. The van der Waals surface area contributed by atoms with Crippen molar-refractivity contribution in [3.05, 3.63) is 54.1 Å². The van der Waals surface area contributed by atoms with Gasteiger partial charge in [-0.1, -0.05) is 23.9 Å². The van der Waals surface area contributed by atoms with Gasteiger partial charge in [0.1, 0.15) is 11.5 Å². The Balaban J connectivity index is 1.50. The molecule has 0 N–H and O–H groups in total. The Morgan fingerprint density at radius 2 is 1.88 bits per heavy atom. The van der Waals surface area contributed by atoms with Crippen molar-refractivity contribution in [1.29, 1.82) is 0 Å². The van der Waals surface area contributed by atoms with Gasteiger partial charge in [0.25, 0.3) is 5.22 Å². The summed E-state index contributed by atoms with van der Waals surface area (Å²) in [5.74, 6) is 1.86. The molecule has 0 radical (unpaired) electrons. The molecule has 0 unspecified atom stereocenters. The highest BCUT2D eigenvalue weighted by atomic mass is 32.2. The lowest BCUT2D eigenvalue weighted by Gasteiger charge is -2.05. The monoisotopic (exact) mass is 378 g/mol. The van der Waals surface area contributed by atoms with E-state index in [1.54, 1.807) is 12.1 Å². The van der Waals surface area contributed by atoms with E-state index in [1.807, 2.05) is 31.2 Å². The van der Waals surface area contributed by atoms with E-state index in [0.717, 1.165) is 11.3 Å². The summed E-state index contributed by atoms with van der Waals surface area (Å²) in [5, 5.41) is 8.34. The number of aromatic nitrogens is 2. The van der Waals surface area contributed by atoms with Gasteiger partial charge in [0, 0.05) is 11.3 Å². The predicted molar refractivity (Wildman–Crippen MR) is 93.8 cm³/mol. The summed E-state index contributed by atoms with van der Waals surface area (Å²) >= 11 is 1.38. The van der Waals surface area contributed by atoms with Crippen molar-refractivity contribution in [1.82, 2.24) is 10.2 Å². The van der Waals surface area contributed by atoms with Crippen LogP contribution in [-0.4, -0.2) is 29.2 Å². The van der Waals surface area contributed by atoms with Crippen molar-refractivity contribution < 1.29 is 22.7 Å². The molecule has 0 amide bonds. The maximum absolute atomic E-state index is 12.1. The molecule has 0 saturated carbocycles. The number of alkyl halides is 2. The molecule has 0 spiro atoms. The van der Waals surface area contributed by atoms with E-state index in [1.165, 1.54) is 23.9 Å². The summed E-state index contributed by atoms with van der Waals surface area (Å²) in [6, 6.07) is 13.8. The lowest BCUT2D eigenvalue weighted by molar-refractivity contribution is -0.0498. The zero-order valence-electron chi connectivity index (χ0n) is 13.9. The minimum absolute atomic E-state index is 0.0751. The maximum Gasteiger partial charge on any atom is 0.387 e. The molecule has 0 atom stereocenters. The van der Waals surface area contributed by atoms with E-state index in [4.69, 9.17) is 9.15 Å². The second-order valence-corrected chi connectivity index (χ2v) is 6.34. The molecule has 8 heteroatoms. The normalized spacial score (nSPS) is 10.9. The third-order valence-electron chi connectivity index (χ3n) is 3.30. The number of nitrogens with zero attached hydrogens (tertiary/aromatic N) is 2. The van der Waals surface area contributed by atoms with E-state index in [0.29, 0.717) is 29.0 Å². The van der Waals surface area contributed by atoms with E-state index >= 15 is 0 Å². The molecule has 0 aliphatic heterocycles. The highest BCUT2D eigenvalue weighted by molar-refractivity contribution is 7.99. The van der Waals surface area contributed by atoms with Gasteiger partial charge >= 0.3 is 6.61 Å². The minimum atomic E-state index is -2.85. The van der Waals surface area contributed by atoms with Gasteiger partial charge in [-0.3, -0.25) is 0 Å². The third kappa shape index (κ3) is 5.19. The predicted octanol–water partition coefficient (Wildman–Crippen LogP) is 4.82. The zero-order chi connectivity index (χ0) is 18.4. The molecule has 5 nitrogen and oxygen atoms in total. The molecule has 3 aromatic rings. The average Bonchev–Trinajstić information content (AvgIpc) is 3.08. The van der Waals surface area contributed by atoms with Gasteiger partial charge in [-0.2, -0.15) is 8.78 Å². The van der Waals surface area contributed by atoms with Gasteiger partial charge in [-0.25, -0.2) is 0 Å². The van der Waals surface area contributed by atoms with Gasteiger partial charge in [-0.05, 0) is 48.9 Å². The van der Waals surface area contributed by atoms with Gasteiger partial charge in [-0.15, -0.1) is 10.2 Å². The molecule has 0 aliphatic carbocycles. The molecule has 0 bridgehead atoms. The Labute approximate surface area is 153 Å². The molecule has 0 saturated heterocycles. The van der Waals surface area contributed by atoms with E-state index in [-0.39, 0.29) is 5.75 Å². The first-order valence-electron chi connectivity index (χ1n) is 7.81. The molecule has 1 aromatic heterocycles. The number of rotatable bonds is 8. The summed E-state index contributed by atoms with van der Waals surface area (Å²) < 4.78 is 39.8. The van der Waals surface area contributed by atoms with Crippen LogP contribution in [0.4, 0.5) is 8.78 Å². The molecule has 1 heterocycles. The fourth-order valence-electron chi connectivity index (χ4n) is 2.16. The van der Waals surface area contributed by atoms with Crippen LogP contribution in [-0.2, 0) is 0 Å². The standard InChI is InChI=1S/C18H16F2N2O3S/c1-12-3-2-4-15(11-12)23-9-10-26-18-22-21-16(25-18)13-5-7-14(8-6-13)24-17(19)20/h2-8,11,17H,9-10H2,1H3. The van der Waals surface area contributed by atoms with Crippen molar-refractivity contribution in [2.75, 3.05) is 12.4 Å². The van der Waals surface area contributed by atoms with Crippen LogP contribution in [0.2, 0.25) is 0 Å². The summed E-state index contributed by atoms with van der Waals surface area (Å²) in [6.45, 7) is -0.339. The maximum atomic E-state index is 12.1. The van der Waals surface area contributed by atoms with Crippen LogP contribution in [0.1, 0.15) is 5.56 Å². The van der Waals surface area contributed by atoms with Crippen molar-refractivity contribution in [2.45, 2.75) is 18.8 Å². The van der Waals surface area contributed by atoms with E-state index < -0.39 is 6.61 Å². The van der Waals surface area contributed by atoms with E-state index in [2.05, 4.69) is 14.9 Å². The summed E-state index contributed by atoms with van der Waals surface area (Å²) in [4.78, 5) is 0. The van der Waals surface area contributed by atoms with Crippen LogP contribution in [0.15, 0.2) is 58.2 Å². The van der Waals surface area contributed by atoms with Crippen LogP contribution in [0, 0.1) is 6.92 Å². The molecule has 2 aromatic carbocycles. The Kier molecular flexibility index (Phi) is 6.06. The Morgan fingerprint density at radius 1 is 1.08 bits per heavy atom. The second kappa shape index (κ2) is 8.66. The lowest BCUT2D eigenvalue weighted by atomic mass is 10.2. The van der Waals surface area contributed by atoms with Gasteiger partial charge in [0.2, 0.25) is 5.89 Å². The second-order valence-electron chi connectivity index (χ2n) is 5.29. The fraction of sp³-hybridized carbons (Fsp3) is 0.222. The third-order valence-corrected chi connectivity index (χ3v) is 4.08. The SMILES string of the molecule is Cc1cccc(OCCSc2nnc(-c3ccc(OC(F)F)cc3)o2)c1. The smallest absolute Gasteiger partial charge is 0.387 e. The quantitative estimate of drug-likeness (QED) is 0.414. The first kappa shape index (κ1) is 18.2. The number of aryl methyl sites for hydroxylation is 1. The number of benzene rings is 2. The lowest BCUT2D eigenvalue weighted by Crippen LogP contribution is -2.01. The minimum Gasteiger partial charge on any atom is -0.493 e. The number of ether oxygens (including phenoxy) is 2. The molecular weight excluding hydrogens is 362 g/mol. The summed E-state index contributed by atoms with van der Waals surface area (Å²) in [6.07, 6.45) is 0. The topological polar surface area (TPSA) is 57.4 Å². The Morgan fingerprint density at radius 3 is 2.62 bits per heavy atom. The average molecular weight is 378 g/mol. The number of thioether (sulfide) groups is 1. The molecule has 136 valence electrons. The highest BCUT2D eigenvalue weighted by Crippen LogP contribution is 2.25. The van der Waals surface area contributed by atoms with Crippen LogP contribution >= 0.6 is 11.8 Å². The fourth-order valence-corrected chi connectivity index (χ4v) is 2.74. The number of hydrogen-bond acceptors (Lipinski definition) is 6. The van der Waals surface area contributed by atoms with Gasteiger partial charge in [0.15, 0.2) is 0 Å². The van der Waals surface area contributed by atoms with Gasteiger partial charge in [0.05, 0.1) is 6.61 Å². The first-order valence-corrected chi connectivity index (χ1v) is 8.80. The summed E-state index contributed by atoms with van der Waals surface area (Å²) in [5.41, 5.74) is 1.77.